The molecule has 1 aromatic heterocycles. The van der Waals surface area contributed by atoms with Gasteiger partial charge in [0.2, 0.25) is 0 Å². The Morgan fingerprint density at radius 2 is 1.68 bits per heavy atom. The van der Waals surface area contributed by atoms with Crippen LogP contribution in [-0.2, 0) is 30.9 Å². The number of pyridine rings is 1. The normalized spacial score (nSPS) is 12.1. The van der Waals surface area contributed by atoms with Gasteiger partial charge in [0.15, 0.2) is 0 Å². The number of carbonyl (C=O) groups excluding carboxylic acids is 1. The van der Waals surface area contributed by atoms with Gasteiger partial charge in [-0.25, -0.2) is 9.59 Å². The third-order valence-electron chi connectivity index (χ3n) is 4.23. The number of carboxylic acid groups (broad SMARTS) is 2. The standard InChI is InChI=1S/C20H16N2O8S/c23-18(20(26)27)22-15(19(24)25)11-12-6-8-14(9-7-12)30-31(28,29)16-5-1-3-13-4-2-10-21-17(13)16/h1-10,15H,11H2,(H,22,23)(H,24,25)(H,26,27)/t15-/m1/s1. The van der Waals surface area contributed by atoms with Crippen LogP contribution in [0.3, 0.4) is 0 Å². The number of para-hydroxylation sites is 1. The first-order valence-corrected chi connectivity index (χ1v) is 10.2. The smallest absolute Gasteiger partial charge is 0.394 e. The molecule has 3 rings (SSSR count). The lowest BCUT2D eigenvalue weighted by atomic mass is 10.1. The van der Waals surface area contributed by atoms with Crippen molar-refractivity contribution in [3.63, 3.8) is 0 Å². The summed E-state index contributed by atoms with van der Waals surface area (Å²) in [6.45, 7) is 0. The summed E-state index contributed by atoms with van der Waals surface area (Å²) in [4.78, 5) is 37.1. The van der Waals surface area contributed by atoms with Gasteiger partial charge >= 0.3 is 28.0 Å². The van der Waals surface area contributed by atoms with Crippen molar-refractivity contribution in [3.05, 3.63) is 66.4 Å². The lowest BCUT2D eigenvalue weighted by Crippen LogP contribution is -2.45. The Labute approximate surface area is 176 Å². The fourth-order valence-electron chi connectivity index (χ4n) is 2.79. The molecule has 1 amide bonds. The van der Waals surface area contributed by atoms with Crippen molar-refractivity contribution in [2.75, 3.05) is 0 Å². The van der Waals surface area contributed by atoms with E-state index in [1.54, 1.807) is 24.3 Å². The first-order valence-electron chi connectivity index (χ1n) is 8.81. The van der Waals surface area contributed by atoms with Crippen LogP contribution in [0.1, 0.15) is 5.56 Å². The number of nitrogens with zero attached hydrogens (tertiary/aromatic N) is 1. The lowest BCUT2D eigenvalue weighted by molar-refractivity contribution is -0.152. The molecule has 0 bridgehead atoms. The van der Waals surface area contributed by atoms with E-state index in [2.05, 4.69) is 4.98 Å². The number of carboxylic acids is 2. The minimum Gasteiger partial charge on any atom is -0.480 e. The highest BCUT2D eigenvalue weighted by molar-refractivity contribution is 7.87. The van der Waals surface area contributed by atoms with Crippen LogP contribution in [-0.4, -0.2) is 47.5 Å². The van der Waals surface area contributed by atoms with Crippen LogP contribution >= 0.6 is 0 Å². The second-order valence-corrected chi connectivity index (χ2v) is 7.90. The summed E-state index contributed by atoms with van der Waals surface area (Å²) in [6, 6.07) is 12.1. The zero-order valence-corrected chi connectivity index (χ0v) is 16.6. The minimum absolute atomic E-state index is 0.0156. The number of aromatic nitrogens is 1. The van der Waals surface area contributed by atoms with Crippen LogP contribution in [0.15, 0.2) is 65.7 Å². The number of hydrogen-bond donors (Lipinski definition) is 3. The van der Waals surface area contributed by atoms with Crippen molar-refractivity contribution < 1.29 is 37.2 Å². The fourth-order valence-corrected chi connectivity index (χ4v) is 3.89. The van der Waals surface area contributed by atoms with E-state index in [9.17, 15) is 22.8 Å². The van der Waals surface area contributed by atoms with Gasteiger partial charge in [0.25, 0.3) is 0 Å². The van der Waals surface area contributed by atoms with Gasteiger partial charge in [-0.2, -0.15) is 8.42 Å². The summed E-state index contributed by atoms with van der Waals surface area (Å²) >= 11 is 0. The molecule has 2 aromatic carbocycles. The van der Waals surface area contributed by atoms with Gasteiger partial charge in [-0.1, -0.05) is 30.3 Å². The summed E-state index contributed by atoms with van der Waals surface area (Å²) in [5.41, 5.74) is 0.676. The summed E-state index contributed by atoms with van der Waals surface area (Å²) in [5, 5.41) is 20.3. The van der Waals surface area contributed by atoms with Crippen LogP contribution in [0.4, 0.5) is 0 Å². The molecule has 0 aliphatic heterocycles. The average Bonchev–Trinajstić information content (AvgIpc) is 2.73. The van der Waals surface area contributed by atoms with Crippen molar-refractivity contribution in [1.29, 1.82) is 0 Å². The van der Waals surface area contributed by atoms with E-state index in [0.717, 1.165) is 0 Å². The SMILES string of the molecule is O=C(O)C(=O)N[C@H](Cc1ccc(OS(=O)(=O)c2cccc3cccnc23)cc1)C(=O)O. The summed E-state index contributed by atoms with van der Waals surface area (Å²) in [6.07, 6.45) is 1.26. The average molecular weight is 444 g/mol. The van der Waals surface area contributed by atoms with Crippen LogP contribution in [0.2, 0.25) is 0 Å². The van der Waals surface area contributed by atoms with E-state index >= 15 is 0 Å². The van der Waals surface area contributed by atoms with Crippen molar-refractivity contribution in [3.8, 4) is 5.75 Å². The Hall–Kier alpha value is -3.99. The first kappa shape index (κ1) is 21.7. The molecule has 31 heavy (non-hydrogen) atoms. The molecule has 1 heterocycles. The molecular formula is C20H16N2O8S. The maximum absolute atomic E-state index is 12.7. The van der Waals surface area contributed by atoms with Gasteiger partial charge in [-0.05, 0) is 29.8 Å². The molecule has 0 aliphatic carbocycles. The molecule has 0 unspecified atom stereocenters. The Morgan fingerprint density at radius 3 is 2.32 bits per heavy atom. The predicted molar refractivity (Wildman–Crippen MR) is 107 cm³/mol. The molecule has 0 fully saturated rings. The monoisotopic (exact) mass is 444 g/mol. The molecule has 3 N–H and O–H groups in total. The number of benzene rings is 2. The van der Waals surface area contributed by atoms with E-state index in [1.807, 2.05) is 5.32 Å². The second kappa shape index (κ2) is 8.79. The number of nitrogens with one attached hydrogen (secondary N) is 1. The van der Waals surface area contributed by atoms with Crippen LogP contribution in [0, 0.1) is 0 Å². The van der Waals surface area contributed by atoms with Gasteiger partial charge in [0, 0.05) is 18.0 Å². The number of hydrogen-bond acceptors (Lipinski definition) is 7. The van der Waals surface area contributed by atoms with Crippen LogP contribution in [0.5, 0.6) is 5.75 Å². The predicted octanol–water partition coefficient (Wildman–Crippen LogP) is 1.20. The number of rotatable bonds is 7. The number of carbonyl (C=O) groups is 3. The van der Waals surface area contributed by atoms with Gasteiger partial charge in [0.1, 0.15) is 16.7 Å². The zero-order chi connectivity index (χ0) is 22.6. The Balaban J connectivity index is 1.77. The topological polar surface area (TPSA) is 160 Å². The molecular weight excluding hydrogens is 428 g/mol. The zero-order valence-electron chi connectivity index (χ0n) is 15.8. The van der Waals surface area contributed by atoms with Crippen molar-refractivity contribution in [1.82, 2.24) is 10.3 Å². The maximum atomic E-state index is 12.7. The van der Waals surface area contributed by atoms with Crippen LogP contribution < -0.4 is 9.50 Å². The Bertz CT molecular complexity index is 1250. The quantitative estimate of drug-likeness (QED) is 0.359. The van der Waals surface area contributed by atoms with Crippen molar-refractivity contribution in [2.45, 2.75) is 17.4 Å². The molecule has 0 saturated carbocycles. The summed E-state index contributed by atoms with van der Waals surface area (Å²) in [5.74, 6) is -4.68. The minimum atomic E-state index is -4.19. The van der Waals surface area contributed by atoms with Crippen LogP contribution in [0.25, 0.3) is 10.9 Å². The summed E-state index contributed by atoms with van der Waals surface area (Å²) < 4.78 is 30.6. The second-order valence-electron chi connectivity index (χ2n) is 6.39. The van der Waals surface area contributed by atoms with Gasteiger partial charge < -0.3 is 19.7 Å². The van der Waals surface area contributed by atoms with E-state index in [0.29, 0.717) is 10.9 Å². The van der Waals surface area contributed by atoms with E-state index in [4.69, 9.17) is 14.4 Å². The van der Waals surface area contributed by atoms with Crippen molar-refractivity contribution in [2.24, 2.45) is 0 Å². The van der Waals surface area contributed by atoms with Gasteiger partial charge in [-0.3, -0.25) is 9.78 Å². The molecule has 0 spiro atoms. The van der Waals surface area contributed by atoms with Gasteiger partial charge in [-0.15, -0.1) is 0 Å². The molecule has 0 saturated heterocycles. The highest BCUT2D eigenvalue weighted by atomic mass is 32.2. The molecule has 3 aromatic rings. The maximum Gasteiger partial charge on any atom is 0.394 e. The fraction of sp³-hybridized carbons (Fsp3) is 0.100. The van der Waals surface area contributed by atoms with E-state index in [-0.39, 0.29) is 22.6 Å². The molecule has 10 nitrogen and oxygen atoms in total. The molecule has 160 valence electrons. The molecule has 0 radical (unpaired) electrons. The largest absolute Gasteiger partial charge is 0.480 e. The number of amides is 1. The third-order valence-corrected chi connectivity index (χ3v) is 5.51. The highest BCUT2D eigenvalue weighted by Crippen LogP contribution is 2.25. The third kappa shape index (κ3) is 5.14. The van der Waals surface area contributed by atoms with E-state index in [1.165, 1.54) is 36.5 Å². The van der Waals surface area contributed by atoms with E-state index < -0.39 is 34.0 Å². The van der Waals surface area contributed by atoms with Gasteiger partial charge in [0.05, 0.1) is 5.52 Å². The highest BCUT2D eigenvalue weighted by Gasteiger charge is 2.24. The Kier molecular flexibility index (Phi) is 6.16. The Morgan fingerprint density at radius 1 is 1.00 bits per heavy atom. The molecule has 1 atom stereocenters. The molecule has 11 heteroatoms. The number of fused-ring (bicyclic) bond motifs is 1. The number of aliphatic carboxylic acids is 2. The van der Waals surface area contributed by atoms with Crippen molar-refractivity contribution >= 4 is 38.9 Å². The lowest BCUT2D eigenvalue weighted by Gasteiger charge is -2.13. The summed E-state index contributed by atoms with van der Waals surface area (Å²) in [7, 11) is -4.19. The first-order chi connectivity index (χ1) is 14.7. The molecule has 0 aliphatic rings.